The summed E-state index contributed by atoms with van der Waals surface area (Å²) >= 11 is 0. The highest BCUT2D eigenvalue weighted by molar-refractivity contribution is 7.85. The number of nitrogens with two attached hydrogens (primary N) is 1. The van der Waals surface area contributed by atoms with E-state index in [1.165, 1.54) is 0 Å². The zero-order chi connectivity index (χ0) is 12.5. The predicted molar refractivity (Wildman–Crippen MR) is 71.9 cm³/mol. The monoisotopic (exact) mass is 268 g/mol. The van der Waals surface area contributed by atoms with Crippen LogP contribution < -0.4 is 20.1 Å². The summed E-state index contributed by atoms with van der Waals surface area (Å²) in [6.45, 7) is 2.68. The number of anilines is 2. The van der Waals surface area contributed by atoms with Crippen LogP contribution in [0.15, 0.2) is 12.1 Å². The molecule has 0 aliphatic carbocycles. The molecule has 0 saturated carbocycles. The molecule has 6 heteroatoms. The Morgan fingerprint density at radius 1 is 1.11 bits per heavy atom. The molecule has 0 spiro atoms. The molecule has 0 aromatic heterocycles. The summed E-state index contributed by atoms with van der Waals surface area (Å²) < 4.78 is 22.4. The maximum atomic E-state index is 11.4. The molecule has 5 nitrogen and oxygen atoms in total. The molecule has 0 radical (unpaired) electrons. The summed E-state index contributed by atoms with van der Waals surface area (Å²) in [5.41, 5.74) is 7.70. The minimum Gasteiger partial charge on any atom is -0.486 e. The van der Waals surface area contributed by atoms with Crippen molar-refractivity contribution in [1.29, 1.82) is 0 Å². The van der Waals surface area contributed by atoms with E-state index in [2.05, 4.69) is 4.90 Å². The second kappa shape index (κ2) is 4.68. The topological polar surface area (TPSA) is 64.8 Å². The first-order valence-electron chi connectivity index (χ1n) is 6.03. The van der Waals surface area contributed by atoms with E-state index in [0.29, 0.717) is 36.2 Å². The smallest absolute Gasteiger partial charge is 0.163 e. The normalized spacial score (nSPS) is 19.9. The number of benzene rings is 1. The van der Waals surface area contributed by atoms with E-state index >= 15 is 0 Å². The molecule has 1 aromatic rings. The minimum atomic E-state index is -0.682. The van der Waals surface area contributed by atoms with E-state index in [1.54, 1.807) is 0 Å². The first-order valence-corrected chi connectivity index (χ1v) is 7.52. The van der Waals surface area contributed by atoms with Crippen LogP contribution in [0.3, 0.4) is 0 Å². The maximum absolute atomic E-state index is 11.4. The largest absolute Gasteiger partial charge is 0.486 e. The number of ether oxygens (including phenoxy) is 2. The summed E-state index contributed by atoms with van der Waals surface area (Å²) in [5, 5.41) is 0. The second-order valence-corrected chi connectivity index (χ2v) is 6.09. The van der Waals surface area contributed by atoms with Crippen LogP contribution in [-0.4, -0.2) is 42.0 Å². The van der Waals surface area contributed by atoms with Crippen molar-refractivity contribution < 1.29 is 13.7 Å². The molecular formula is C12H16N2O3S. The molecule has 2 heterocycles. The van der Waals surface area contributed by atoms with Crippen molar-refractivity contribution in [3.8, 4) is 11.5 Å². The van der Waals surface area contributed by atoms with Gasteiger partial charge in [0.25, 0.3) is 0 Å². The van der Waals surface area contributed by atoms with Crippen LogP contribution in [-0.2, 0) is 10.8 Å². The number of nitrogens with zero attached hydrogens (tertiary/aromatic N) is 1. The zero-order valence-electron chi connectivity index (χ0n) is 10.1. The Bertz CT molecular complexity index is 482. The van der Waals surface area contributed by atoms with E-state index in [1.807, 2.05) is 12.1 Å². The average molecular weight is 268 g/mol. The molecule has 3 rings (SSSR count). The molecule has 0 bridgehead atoms. The Kier molecular flexibility index (Phi) is 3.03. The quantitative estimate of drug-likeness (QED) is 0.756. The number of fused-ring (bicyclic) bond motifs is 1. The molecule has 1 aromatic carbocycles. The SMILES string of the molecule is Nc1cc2c(cc1N1CCS(=O)CC1)OCCO2. The van der Waals surface area contributed by atoms with Crippen LogP contribution in [0.5, 0.6) is 11.5 Å². The van der Waals surface area contributed by atoms with Crippen LogP contribution in [0, 0.1) is 0 Å². The molecule has 18 heavy (non-hydrogen) atoms. The molecule has 98 valence electrons. The third-order valence-electron chi connectivity index (χ3n) is 3.21. The molecule has 2 N–H and O–H groups in total. The Morgan fingerprint density at radius 2 is 1.72 bits per heavy atom. The van der Waals surface area contributed by atoms with Crippen molar-refractivity contribution >= 4 is 22.2 Å². The van der Waals surface area contributed by atoms with Crippen LogP contribution in [0.1, 0.15) is 0 Å². The fourth-order valence-corrected chi connectivity index (χ4v) is 3.30. The van der Waals surface area contributed by atoms with Gasteiger partial charge < -0.3 is 20.1 Å². The van der Waals surface area contributed by atoms with Crippen LogP contribution in [0.25, 0.3) is 0 Å². The van der Waals surface area contributed by atoms with E-state index in [0.717, 1.165) is 24.5 Å². The standard InChI is InChI=1S/C12H16N2O3S/c13-9-7-11-12(17-4-3-16-11)8-10(9)14-1-5-18(15)6-2-14/h7-8H,1-6,13H2. The molecule has 2 aliphatic heterocycles. The van der Waals surface area contributed by atoms with Gasteiger partial charge in [-0.1, -0.05) is 0 Å². The van der Waals surface area contributed by atoms with Crippen molar-refractivity contribution in [2.24, 2.45) is 0 Å². The highest BCUT2D eigenvalue weighted by atomic mass is 32.2. The van der Waals surface area contributed by atoms with E-state index in [-0.39, 0.29) is 0 Å². The summed E-state index contributed by atoms with van der Waals surface area (Å²) in [6, 6.07) is 3.74. The molecule has 1 fully saturated rings. The third-order valence-corrected chi connectivity index (χ3v) is 4.49. The van der Waals surface area contributed by atoms with Gasteiger partial charge in [0.2, 0.25) is 0 Å². The first kappa shape index (κ1) is 11.6. The summed E-state index contributed by atoms with van der Waals surface area (Å²) in [6.07, 6.45) is 0. The lowest BCUT2D eigenvalue weighted by Gasteiger charge is -2.30. The molecule has 2 aliphatic rings. The van der Waals surface area contributed by atoms with E-state index in [4.69, 9.17) is 15.2 Å². The highest BCUT2D eigenvalue weighted by Gasteiger charge is 2.21. The van der Waals surface area contributed by atoms with Gasteiger partial charge in [0.15, 0.2) is 11.5 Å². The number of rotatable bonds is 1. The van der Waals surface area contributed by atoms with Gasteiger partial charge >= 0.3 is 0 Å². The Balaban J connectivity index is 1.89. The Hall–Kier alpha value is -1.43. The van der Waals surface area contributed by atoms with Gasteiger partial charge in [0.05, 0.1) is 11.4 Å². The van der Waals surface area contributed by atoms with Crippen LogP contribution in [0.4, 0.5) is 11.4 Å². The molecule has 0 amide bonds. The van der Waals surface area contributed by atoms with Crippen LogP contribution in [0.2, 0.25) is 0 Å². The third kappa shape index (κ3) is 2.12. The second-order valence-electron chi connectivity index (χ2n) is 4.39. The summed E-state index contributed by atoms with van der Waals surface area (Å²) in [5.74, 6) is 2.86. The molecular weight excluding hydrogens is 252 g/mol. The highest BCUT2D eigenvalue weighted by Crippen LogP contribution is 2.38. The lowest BCUT2D eigenvalue weighted by molar-refractivity contribution is 0.172. The van der Waals surface area contributed by atoms with Crippen molar-refractivity contribution in [2.75, 3.05) is 48.4 Å². The summed E-state index contributed by atoms with van der Waals surface area (Å²) in [4.78, 5) is 2.16. The Morgan fingerprint density at radius 3 is 2.39 bits per heavy atom. The van der Waals surface area contributed by atoms with Gasteiger partial charge in [-0.2, -0.15) is 0 Å². The van der Waals surface area contributed by atoms with E-state index in [9.17, 15) is 4.21 Å². The minimum absolute atomic E-state index is 0.564. The van der Waals surface area contributed by atoms with Gasteiger partial charge in [0, 0.05) is 47.5 Å². The fourth-order valence-electron chi connectivity index (χ4n) is 2.25. The van der Waals surface area contributed by atoms with Crippen molar-refractivity contribution in [3.63, 3.8) is 0 Å². The number of hydrogen-bond donors (Lipinski definition) is 1. The maximum Gasteiger partial charge on any atom is 0.163 e. The molecule has 0 atom stereocenters. The van der Waals surface area contributed by atoms with Crippen molar-refractivity contribution in [1.82, 2.24) is 0 Å². The lowest BCUT2D eigenvalue weighted by atomic mass is 10.2. The van der Waals surface area contributed by atoms with Gasteiger partial charge in [0.1, 0.15) is 13.2 Å². The lowest BCUT2D eigenvalue weighted by Crippen LogP contribution is -2.38. The predicted octanol–water partition coefficient (Wildman–Crippen LogP) is 0.609. The molecule has 0 unspecified atom stereocenters. The van der Waals surface area contributed by atoms with Crippen molar-refractivity contribution in [2.45, 2.75) is 0 Å². The van der Waals surface area contributed by atoms with Gasteiger partial charge in [-0.25, -0.2) is 0 Å². The average Bonchev–Trinajstić information content (AvgIpc) is 2.39. The fraction of sp³-hybridized carbons (Fsp3) is 0.500. The summed E-state index contributed by atoms with van der Waals surface area (Å²) in [7, 11) is -0.682. The van der Waals surface area contributed by atoms with Gasteiger partial charge in [-0.15, -0.1) is 0 Å². The zero-order valence-corrected chi connectivity index (χ0v) is 10.9. The van der Waals surface area contributed by atoms with E-state index < -0.39 is 10.8 Å². The van der Waals surface area contributed by atoms with Gasteiger partial charge in [-0.3, -0.25) is 4.21 Å². The molecule has 1 saturated heterocycles. The Labute approximate surface area is 108 Å². The number of nitrogen functional groups attached to an aromatic ring is 1. The van der Waals surface area contributed by atoms with Crippen LogP contribution >= 0.6 is 0 Å². The van der Waals surface area contributed by atoms with Gasteiger partial charge in [-0.05, 0) is 0 Å². The number of hydrogen-bond acceptors (Lipinski definition) is 5. The van der Waals surface area contributed by atoms with Crippen molar-refractivity contribution in [3.05, 3.63) is 12.1 Å². The first-order chi connectivity index (χ1) is 8.74.